The molecule has 1 aromatic carbocycles. The topological polar surface area (TPSA) is 26.3 Å². The molecule has 0 aliphatic heterocycles. The molecular weight excluding hydrogens is 304 g/mol. The second kappa shape index (κ2) is 5.28. The fraction of sp³-hybridized carbons (Fsp3) is 0.562. The SMILES string of the molecule is Cc1cc(Br)cc(C=O)c1OCC1CC2CCC1C2. The maximum atomic E-state index is 11.2. The Labute approximate surface area is 122 Å². The Kier molecular flexibility index (Phi) is 3.66. The Hall–Kier alpha value is -0.830. The number of rotatable bonds is 4. The predicted molar refractivity (Wildman–Crippen MR) is 78.7 cm³/mol. The lowest BCUT2D eigenvalue weighted by molar-refractivity contribution is 0.111. The van der Waals surface area contributed by atoms with Gasteiger partial charge in [-0.05, 0) is 61.6 Å². The first-order valence-corrected chi connectivity index (χ1v) is 7.84. The molecule has 3 rings (SSSR count). The largest absolute Gasteiger partial charge is 0.492 e. The third-order valence-electron chi connectivity index (χ3n) is 4.72. The normalized spacial score (nSPS) is 28.6. The molecule has 0 amide bonds. The Balaban J connectivity index is 1.71. The minimum absolute atomic E-state index is 0.648. The summed E-state index contributed by atoms with van der Waals surface area (Å²) in [4.78, 5) is 11.2. The van der Waals surface area contributed by atoms with Crippen molar-refractivity contribution in [2.75, 3.05) is 6.61 Å². The monoisotopic (exact) mass is 322 g/mol. The van der Waals surface area contributed by atoms with E-state index in [4.69, 9.17) is 4.74 Å². The Bertz CT molecular complexity index is 498. The molecule has 0 spiro atoms. The van der Waals surface area contributed by atoms with E-state index in [0.717, 1.165) is 40.5 Å². The van der Waals surface area contributed by atoms with Gasteiger partial charge in [0, 0.05) is 4.47 Å². The average molecular weight is 323 g/mol. The number of carbonyl (C=O) groups is 1. The van der Waals surface area contributed by atoms with Crippen LogP contribution in [0.5, 0.6) is 5.75 Å². The van der Waals surface area contributed by atoms with Crippen molar-refractivity contribution in [3.63, 3.8) is 0 Å². The number of aldehydes is 1. The molecule has 19 heavy (non-hydrogen) atoms. The van der Waals surface area contributed by atoms with E-state index in [1.54, 1.807) is 0 Å². The summed E-state index contributed by atoms with van der Waals surface area (Å²) in [7, 11) is 0. The second-order valence-electron chi connectivity index (χ2n) is 6.00. The summed E-state index contributed by atoms with van der Waals surface area (Å²) in [5.41, 5.74) is 1.68. The van der Waals surface area contributed by atoms with Gasteiger partial charge in [-0.25, -0.2) is 0 Å². The summed E-state index contributed by atoms with van der Waals surface area (Å²) in [5, 5.41) is 0. The lowest BCUT2D eigenvalue weighted by Gasteiger charge is -2.22. The standard InChI is InChI=1S/C16H19BrO2/c1-10-4-15(17)7-13(8-18)16(10)19-9-14-6-11-2-3-12(14)5-11/h4,7-8,11-12,14H,2-3,5-6,9H2,1H3. The smallest absolute Gasteiger partial charge is 0.153 e. The van der Waals surface area contributed by atoms with Crippen LogP contribution in [0.25, 0.3) is 0 Å². The van der Waals surface area contributed by atoms with Gasteiger partial charge in [0.1, 0.15) is 5.75 Å². The summed E-state index contributed by atoms with van der Waals surface area (Å²) in [6.07, 6.45) is 6.38. The van der Waals surface area contributed by atoms with Gasteiger partial charge >= 0.3 is 0 Å². The molecule has 2 bridgehead atoms. The molecule has 2 fully saturated rings. The molecule has 2 saturated carbocycles. The van der Waals surface area contributed by atoms with E-state index in [1.165, 1.54) is 25.7 Å². The molecule has 0 aromatic heterocycles. The number of fused-ring (bicyclic) bond motifs is 2. The molecular formula is C16H19BrO2. The van der Waals surface area contributed by atoms with Crippen molar-refractivity contribution in [1.29, 1.82) is 0 Å². The summed E-state index contributed by atoms with van der Waals surface area (Å²) in [5.74, 6) is 3.26. The van der Waals surface area contributed by atoms with Gasteiger partial charge in [0.2, 0.25) is 0 Å². The highest BCUT2D eigenvalue weighted by molar-refractivity contribution is 9.10. The van der Waals surface area contributed by atoms with Crippen LogP contribution in [0.2, 0.25) is 0 Å². The number of ether oxygens (including phenoxy) is 1. The van der Waals surface area contributed by atoms with E-state index >= 15 is 0 Å². The minimum Gasteiger partial charge on any atom is -0.492 e. The van der Waals surface area contributed by atoms with E-state index < -0.39 is 0 Å². The van der Waals surface area contributed by atoms with E-state index in [2.05, 4.69) is 15.9 Å². The van der Waals surface area contributed by atoms with Crippen LogP contribution in [0, 0.1) is 24.7 Å². The number of hydrogen-bond acceptors (Lipinski definition) is 2. The molecule has 2 aliphatic rings. The maximum absolute atomic E-state index is 11.2. The number of benzene rings is 1. The first-order chi connectivity index (χ1) is 9.17. The van der Waals surface area contributed by atoms with Crippen molar-refractivity contribution in [2.24, 2.45) is 17.8 Å². The maximum Gasteiger partial charge on any atom is 0.153 e. The molecule has 3 heteroatoms. The number of hydrogen-bond donors (Lipinski definition) is 0. The quantitative estimate of drug-likeness (QED) is 0.769. The molecule has 2 aliphatic carbocycles. The molecule has 3 atom stereocenters. The van der Waals surface area contributed by atoms with Crippen molar-refractivity contribution >= 4 is 22.2 Å². The van der Waals surface area contributed by atoms with Crippen molar-refractivity contribution in [1.82, 2.24) is 0 Å². The van der Waals surface area contributed by atoms with Crippen molar-refractivity contribution in [3.05, 3.63) is 27.7 Å². The molecule has 1 aromatic rings. The number of halogens is 1. The summed E-state index contributed by atoms with van der Waals surface area (Å²) in [6, 6.07) is 3.83. The summed E-state index contributed by atoms with van der Waals surface area (Å²) in [6.45, 7) is 2.76. The molecule has 0 heterocycles. The van der Waals surface area contributed by atoms with Gasteiger partial charge in [-0.3, -0.25) is 4.79 Å². The van der Waals surface area contributed by atoms with Gasteiger partial charge in [0.15, 0.2) is 6.29 Å². The summed E-state index contributed by atoms with van der Waals surface area (Å²) < 4.78 is 6.93. The van der Waals surface area contributed by atoms with Crippen LogP contribution < -0.4 is 4.74 Å². The first-order valence-electron chi connectivity index (χ1n) is 7.05. The molecule has 3 unspecified atom stereocenters. The van der Waals surface area contributed by atoms with Gasteiger partial charge in [0.25, 0.3) is 0 Å². The predicted octanol–water partition coefficient (Wildman–Crippen LogP) is 4.39. The highest BCUT2D eigenvalue weighted by Gasteiger charge is 2.39. The zero-order chi connectivity index (χ0) is 13.4. The van der Waals surface area contributed by atoms with E-state index in [-0.39, 0.29) is 0 Å². The van der Waals surface area contributed by atoms with E-state index in [0.29, 0.717) is 11.5 Å². The minimum atomic E-state index is 0.648. The Morgan fingerprint density at radius 1 is 1.37 bits per heavy atom. The lowest BCUT2D eigenvalue weighted by atomic mass is 9.89. The highest BCUT2D eigenvalue weighted by atomic mass is 79.9. The van der Waals surface area contributed by atoms with Gasteiger partial charge < -0.3 is 4.74 Å². The van der Waals surface area contributed by atoms with Crippen molar-refractivity contribution < 1.29 is 9.53 Å². The lowest BCUT2D eigenvalue weighted by Crippen LogP contribution is -2.19. The highest BCUT2D eigenvalue weighted by Crippen LogP contribution is 2.48. The fourth-order valence-corrected chi connectivity index (χ4v) is 4.40. The van der Waals surface area contributed by atoms with Crippen LogP contribution in [0.15, 0.2) is 16.6 Å². The molecule has 0 N–H and O–H groups in total. The number of carbonyl (C=O) groups excluding carboxylic acids is 1. The van der Waals surface area contributed by atoms with Crippen LogP contribution in [-0.2, 0) is 0 Å². The van der Waals surface area contributed by atoms with Crippen LogP contribution in [0.4, 0.5) is 0 Å². The van der Waals surface area contributed by atoms with Crippen LogP contribution in [0.3, 0.4) is 0 Å². The van der Waals surface area contributed by atoms with E-state index in [1.807, 2.05) is 19.1 Å². The zero-order valence-electron chi connectivity index (χ0n) is 11.2. The second-order valence-corrected chi connectivity index (χ2v) is 6.92. The Morgan fingerprint density at radius 3 is 2.84 bits per heavy atom. The third kappa shape index (κ3) is 2.58. The Morgan fingerprint density at radius 2 is 2.21 bits per heavy atom. The van der Waals surface area contributed by atoms with E-state index in [9.17, 15) is 4.79 Å². The van der Waals surface area contributed by atoms with Crippen LogP contribution in [-0.4, -0.2) is 12.9 Å². The molecule has 102 valence electrons. The zero-order valence-corrected chi connectivity index (χ0v) is 12.8. The van der Waals surface area contributed by atoms with Crippen LogP contribution in [0.1, 0.15) is 41.6 Å². The van der Waals surface area contributed by atoms with Crippen molar-refractivity contribution in [2.45, 2.75) is 32.6 Å². The molecule has 0 radical (unpaired) electrons. The van der Waals surface area contributed by atoms with Gasteiger partial charge in [-0.15, -0.1) is 0 Å². The molecule has 0 saturated heterocycles. The average Bonchev–Trinajstić information content (AvgIpc) is 2.99. The van der Waals surface area contributed by atoms with Crippen molar-refractivity contribution in [3.8, 4) is 5.75 Å². The molecule has 2 nitrogen and oxygen atoms in total. The summed E-state index contributed by atoms with van der Waals surface area (Å²) >= 11 is 3.42. The van der Waals surface area contributed by atoms with Gasteiger partial charge in [0.05, 0.1) is 12.2 Å². The van der Waals surface area contributed by atoms with Gasteiger partial charge in [-0.1, -0.05) is 22.4 Å². The number of aryl methyl sites for hydroxylation is 1. The van der Waals surface area contributed by atoms with Gasteiger partial charge in [-0.2, -0.15) is 0 Å². The first kappa shape index (κ1) is 13.2. The van der Waals surface area contributed by atoms with Crippen LogP contribution >= 0.6 is 15.9 Å². The fourth-order valence-electron chi connectivity index (χ4n) is 3.81. The third-order valence-corrected chi connectivity index (χ3v) is 5.18.